The lowest BCUT2D eigenvalue weighted by atomic mass is 9.88. The lowest BCUT2D eigenvalue weighted by Gasteiger charge is -2.27. The molecule has 1 unspecified atom stereocenters. The highest BCUT2D eigenvalue weighted by Gasteiger charge is 2.20. The Morgan fingerprint density at radius 2 is 2.33 bits per heavy atom. The lowest BCUT2D eigenvalue weighted by molar-refractivity contribution is 0.300. The average molecular weight is 329 g/mol. The fourth-order valence-corrected chi connectivity index (χ4v) is 2.92. The molecule has 1 aliphatic carbocycles. The van der Waals surface area contributed by atoms with Crippen LogP contribution in [0.25, 0.3) is 0 Å². The number of benzene rings is 1. The molecule has 0 amide bonds. The van der Waals surface area contributed by atoms with Crippen LogP contribution in [-0.4, -0.2) is 23.4 Å². The highest BCUT2D eigenvalue weighted by atomic mass is 79.9. The predicted molar refractivity (Wildman–Crippen MR) is 80.6 cm³/mol. The highest BCUT2D eigenvalue weighted by Crippen LogP contribution is 2.31. The van der Waals surface area contributed by atoms with Crippen LogP contribution in [0.15, 0.2) is 22.7 Å². The highest BCUT2D eigenvalue weighted by molar-refractivity contribution is 9.10. The van der Waals surface area contributed by atoms with E-state index in [9.17, 15) is 0 Å². The average Bonchev–Trinajstić information content (AvgIpc) is 2.37. The third kappa shape index (κ3) is 3.43. The van der Waals surface area contributed by atoms with Gasteiger partial charge in [0.15, 0.2) is 5.11 Å². The van der Waals surface area contributed by atoms with E-state index >= 15 is 0 Å². The smallest absolute Gasteiger partial charge is 0.166 e. The summed E-state index contributed by atoms with van der Waals surface area (Å²) < 4.78 is 1.10. The summed E-state index contributed by atoms with van der Waals surface area (Å²) in [6.45, 7) is 0.582. The Labute approximate surface area is 121 Å². The van der Waals surface area contributed by atoms with Crippen molar-refractivity contribution in [2.75, 3.05) is 13.2 Å². The lowest BCUT2D eigenvalue weighted by Crippen LogP contribution is -2.39. The van der Waals surface area contributed by atoms with Crippen molar-refractivity contribution >= 4 is 33.3 Å². The number of rotatable bonds is 3. The Morgan fingerprint density at radius 1 is 1.50 bits per heavy atom. The van der Waals surface area contributed by atoms with E-state index in [0.717, 1.165) is 17.3 Å². The Morgan fingerprint density at radius 3 is 3.11 bits per heavy atom. The van der Waals surface area contributed by atoms with Crippen molar-refractivity contribution in [1.82, 2.24) is 10.6 Å². The van der Waals surface area contributed by atoms with Gasteiger partial charge in [-0.2, -0.15) is 0 Å². The molecule has 0 aliphatic heterocycles. The zero-order chi connectivity index (χ0) is 13.0. The molecule has 3 N–H and O–H groups in total. The number of nitrogens with one attached hydrogen (secondary N) is 2. The molecule has 18 heavy (non-hydrogen) atoms. The van der Waals surface area contributed by atoms with Crippen LogP contribution in [0.4, 0.5) is 0 Å². The number of aliphatic hydroxyl groups is 1. The fourth-order valence-electron chi connectivity index (χ4n) is 2.30. The Hall–Kier alpha value is -0.650. The van der Waals surface area contributed by atoms with Crippen molar-refractivity contribution in [1.29, 1.82) is 0 Å². The molecule has 0 heterocycles. The van der Waals surface area contributed by atoms with Gasteiger partial charge < -0.3 is 15.7 Å². The maximum atomic E-state index is 8.76. The molecule has 1 aromatic carbocycles. The minimum Gasteiger partial charge on any atom is -0.395 e. The molecule has 98 valence electrons. The van der Waals surface area contributed by atoms with Gasteiger partial charge in [-0.1, -0.05) is 22.0 Å². The largest absolute Gasteiger partial charge is 0.395 e. The van der Waals surface area contributed by atoms with Gasteiger partial charge >= 0.3 is 0 Å². The summed E-state index contributed by atoms with van der Waals surface area (Å²) in [5.74, 6) is 0. The minimum atomic E-state index is 0.0919. The molecule has 0 spiro atoms. The van der Waals surface area contributed by atoms with Gasteiger partial charge in [-0.05, 0) is 54.7 Å². The van der Waals surface area contributed by atoms with Gasteiger partial charge in [0.1, 0.15) is 0 Å². The fraction of sp³-hybridized carbons (Fsp3) is 0.462. The van der Waals surface area contributed by atoms with Gasteiger partial charge in [-0.15, -0.1) is 0 Å². The molecule has 0 fully saturated rings. The number of hydrogen-bond acceptors (Lipinski definition) is 2. The maximum absolute atomic E-state index is 8.76. The van der Waals surface area contributed by atoms with E-state index in [-0.39, 0.29) is 12.6 Å². The van der Waals surface area contributed by atoms with Crippen molar-refractivity contribution < 1.29 is 5.11 Å². The first-order valence-corrected chi connectivity index (χ1v) is 7.34. The Kier molecular flexibility index (Phi) is 4.97. The third-order valence-corrected chi connectivity index (χ3v) is 3.88. The van der Waals surface area contributed by atoms with Gasteiger partial charge in [0, 0.05) is 11.0 Å². The molecular formula is C13H17BrN2OS. The predicted octanol–water partition coefficient (Wildman–Crippen LogP) is 2.28. The first-order valence-electron chi connectivity index (χ1n) is 6.14. The summed E-state index contributed by atoms with van der Waals surface area (Å²) in [6, 6.07) is 6.70. The SMILES string of the molecule is OCCNC(=S)NC1CCCc2ccc(Br)cc21. The molecule has 5 heteroatoms. The normalized spacial score (nSPS) is 18.0. The maximum Gasteiger partial charge on any atom is 0.166 e. The van der Waals surface area contributed by atoms with Crippen LogP contribution in [0.2, 0.25) is 0 Å². The Bertz CT molecular complexity index is 439. The Balaban J connectivity index is 2.07. The number of thiocarbonyl (C=S) groups is 1. The van der Waals surface area contributed by atoms with Crippen molar-refractivity contribution in [2.24, 2.45) is 0 Å². The summed E-state index contributed by atoms with van der Waals surface area (Å²) in [4.78, 5) is 0. The first kappa shape index (κ1) is 13.8. The van der Waals surface area contributed by atoms with Crippen molar-refractivity contribution in [3.05, 3.63) is 33.8 Å². The van der Waals surface area contributed by atoms with E-state index in [2.05, 4.69) is 44.8 Å². The first-order chi connectivity index (χ1) is 8.70. The van der Waals surface area contributed by atoms with Gasteiger partial charge in [0.05, 0.1) is 12.6 Å². The molecule has 0 bridgehead atoms. The summed E-state index contributed by atoms with van der Waals surface area (Å²) in [6.07, 6.45) is 3.40. The molecule has 1 aliphatic rings. The number of halogens is 1. The van der Waals surface area contributed by atoms with Crippen molar-refractivity contribution in [2.45, 2.75) is 25.3 Å². The van der Waals surface area contributed by atoms with Gasteiger partial charge in [0.25, 0.3) is 0 Å². The van der Waals surface area contributed by atoms with Gasteiger partial charge in [0.2, 0.25) is 0 Å². The van der Waals surface area contributed by atoms with Crippen LogP contribution in [0, 0.1) is 0 Å². The minimum absolute atomic E-state index is 0.0919. The zero-order valence-corrected chi connectivity index (χ0v) is 12.5. The number of hydrogen-bond donors (Lipinski definition) is 3. The molecule has 0 saturated carbocycles. The van der Waals surface area contributed by atoms with Crippen LogP contribution in [0.1, 0.15) is 30.0 Å². The van der Waals surface area contributed by atoms with E-state index in [1.54, 1.807) is 0 Å². The second-order valence-electron chi connectivity index (χ2n) is 4.41. The molecule has 0 radical (unpaired) electrons. The molecule has 1 aromatic rings. The van der Waals surface area contributed by atoms with Crippen LogP contribution >= 0.6 is 28.1 Å². The number of aliphatic hydroxyl groups excluding tert-OH is 1. The van der Waals surface area contributed by atoms with E-state index in [0.29, 0.717) is 11.7 Å². The van der Waals surface area contributed by atoms with Crippen LogP contribution in [0.5, 0.6) is 0 Å². The number of aryl methyl sites for hydroxylation is 1. The van der Waals surface area contributed by atoms with E-state index < -0.39 is 0 Å². The van der Waals surface area contributed by atoms with E-state index in [1.165, 1.54) is 17.5 Å². The summed E-state index contributed by atoms with van der Waals surface area (Å²) in [7, 11) is 0. The standard InChI is InChI=1S/C13H17BrN2OS/c14-10-5-4-9-2-1-3-12(11(9)8-10)16-13(18)15-6-7-17/h4-5,8,12,17H,1-3,6-7H2,(H2,15,16,18). The summed E-state index contributed by atoms with van der Waals surface area (Å²) in [5, 5.41) is 15.7. The second kappa shape index (κ2) is 6.50. The zero-order valence-electron chi connectivity index (χ0n) is 10.1. The molecule has 0 saturated heterocycles. The van der Waals surface area contributed by atoms with Crippen LogP contribution < -0.4 is 10.6 Å². The van der Waals surface area contributed by atoms with Crippen molar-refractivity contribution in [3.63, 3.8) is 0 Å². The molecular weight excluding hydrogens is 312 g/mol. The third-order valence-electron chi connectivity index (χ3n) is 3.12. The number of fused-ring (bicyclic) bond motifs is 1. The second-order valence-corrected chi connectivity index (χ2v) is 5.74. The summed E-state index contributed by atoms with van der Waals surface area (Å²) in [5.41, 5.74) is 2.72. The topological polar surface area (TPSA) is 44.3 Å². The summed E-state index contributed by atoms with van der Waals surface area (Å²) >= 11 is 8.73. The van der Waals surface area contributed by atoms with Gasteiger partial charge in [-0.25, -0.2) is 0 Å². The van der Waals surface area contributed by atoms with E-state index in [4.69, 9.17) is 17.3 Å². The quantitative estimate of drug-likeness (QED) is 0.745. The van der Waals surface area contributed by atoms with E-state index in [1.807, 2.05) is 0 Å². The van der Waals surface area contributed by atoms with Crippen LogP contribution in [-0.2, 0) is 6.42 Å². The molecule has 3 nitrogen and oxygen atoms in total. The monoisotopic (exact) mass is 328 g/mol. The van der Waals surface area contributed by atoms with Crippen molar-refractivity contribution in [3.8, 4) is 0 Å². The molecule has 0 aromatic heterocycles. The molecule has 1 atom stereocenters. The molecule has 2 rings (SSSR count). The van der Waals surface area contributed by atoms with Gasteiger partial charge in [-0.3, -0.25) is 0 Å². The van der Waals surface area contributed by atoms with Crippen LogP contribution in [0.3, 0.4) is 0 Å².